The lowest BCUT2D eigenvalue weighted by atomic mass is 10.1. The number of benzene rings is 3. The van der Waals surface area contributed by atoms with Gasteiger partial charge in [0, 0.05) is 23.5 Å². The Hall–Kier alpha value is -3.35. The normalized spacial score (nSPS) is 16.9. The van der Waals surface area contributed by atoms with Gasteiger partial charge in [-0.2, -0.15) is 0 Å². The summed E-state index contributed by atoms with van der Waals surface area (Å²) in [4.78, 5) is 32.1. The maximum Gasteiger partial charge on any atom is 0.265 e. The van der Waals surface area contributed by atoms with Gasteiger partial charge in [0.25, 0.3) is 11.8 Å². The smallest absolute Gasteiger partial charge is 0.265 e. The molecular formula is C30H31N3O2S. The number of fused-ring (bicyclic) bond motifs is 1. The lowest BCUT2D eigenvalue weighted by Crippen LogP contribution is -2.34. The molecule has 36 heavy (non-hydrogen) atoms. The molecule has 6 heteroatoms. The van der Waals surface area contributed by atoms with E-state index >= 15 is 0 Å². The third kappa shape index (κ3) is 5.55. The van der Waals surface area contributed by atoms with Crippen molar-refractivity contribution in [3.8, 4) is 0 Å². The summed E-state index contributed by atoms with van der Waals surface area (Å²) in [5.41, 5.74) is 4.77. The van der Waals surface area contributed by atoms with Crippen LogP contribution in [0.1, 0.15) is 39.9 Å². The van der Waals surface area contributed by atoms with E-state index in [1.54, 1.807) is 0 Å². The van der Waals surface area contributed by atoms with E-state index in [9.17, 15) is 9.59 Å². The van der Waals surface area contributed by atoms with Crippen LogP contribution in [0.25, 0.3) is 6.08 Å². The second-order valence-corrected chi connectivity index (χ2v) is 10.4. The van der Waals surface area contributed by atoms with E-state index in [0.29, 0.717) is 23.6 Å². The van der Waals surface area contributed by atoms with Gasteiger partial charge in [0.15, 0.2) is 0 Å². The molecule has 0 bridgehead atoms. The van der Waals surface area contributed by atoms with Crippen LogP contribution in [0.5, 0.6) is 0 Å². The molecule has 0 unspecified atom stereocenters. The average Bonchev–Trinajstić information content (AvgIpc) is 3.41. The maximum atomic E-state index is 13.6. The van der Waals surface area contributed by atoms with Crippen LogP contribution < -0.4 is 10.2 Å². The summed E-state index contributed by atoms with van der Waals surface area (Å²) in [5, 5.41) is 3.02. The number of thioether (sulfide) groups is 1. The number of amides is 2. The van der Waals surface area contributed by atoms with Gasteiger partial charge in [-0.05, 0) is 79.9 Å². The molecule has 0 aromatic heterocycles. The molecule has 2 heterocycles. The molecule has 1 N–H and O–H groups in total. The van der Waals surface area contributed by atoms with Crippen LogP contribution in [-0.4, -0.2) is 42.9 Å². The van der Waals surface area contributed by atoms with E-state index in [0.717, 1.165) is 41.3 Å². The van der Waals surface area contributed by atoms with Crippen molar-refractivity contribution in [1.29, 1.82) is 0 Å². The number of aryl methyl sites for hydroxylation is 1. The fourth-order valence-electron chi connectivity index (χ4n) is 4.69. The second kappa shape index (κ2) is 11.1. The molecule has 1 fully saturated rings. The Morgan fingerprint density at radius 3 is 2.47 bits per heavy atom. The topological polar surface area (TPSA) is 52.7 Å². The van der Waals surface area contributed by atoms with Gasteiger partial charge >= 0.3 is 0 Å². The van der Waals surface area contributed by atoms with Crippen LogP contribution >= 0.6 is 11.8 Å². The van der Waals surface area contributed by atoms with E-state index in [2.05, 4.69) is 35.3 Å². The van der Waals surface area contributed by atoms with Gasteiger partial charge in [-0.15, -0.1) is 0 Å². The molecule has 0 atom stereocenters. The number of carbonyl (C=O) groups excluding carboxylic acids is 2. The molecule has 5 rings (SSSR count). The van der Waals surface area contributed by atoms with Crippen LogP contribution in [0.3, 0.4) is 0 Å². The van der Waals surface area contributed by atoms with Gasteiger partial charge in [0.2, 0.25) is 0 Å². The van der Waals surface area contributed by atoms with Crippen LogP contribution in [0, 0.1) is 6.92 Å². The number of hydrogen-bond donors (Lipinski definition) is 1. The van der Waals surface area contributed by atoms with Crippen LogP contribution in [0.4, 0.5) is 5.69 Å². The Bertz CT molecular complexity index is 1280. The van der Waals surface area contributed by atoms with Crippen LogP contribution in [0.2, 0.25) is 0 Å². The fraction of sp³-hybridized carbons (Fsp3) is 0.267. The summed E-state index contributed by atoms with van der Waals surface area (Å²) < 4.78 is 0. The summed E-state index contributed by atoms with van der Waals surface area (Å²) in [6, 6.07) is 23.7. The summed E-state index contributed by atoms with van der Waals surface area (Å²) in [5.74, 6) is -0.0689. The monoisotopic (exact) mass is 497 g/mol. The van der Waals surface area contributed by atoms with Crippen molar-refractivity contribution < 1.29 is 9.59 Å². The van der Waals surface area contributed by atoms with Crippen LogP contribution in [0.15, 0.2) is 82.6 Å². The first kappa shape index (κ1) is 24.3. The van der Waals surface area contributed by atoms with E-state index in [1.807, 2.05) is 65.6 Å². The van der Waals surface area contributed by atoms with Crippen LogP contribution in [-0.2, 0) is 11.3 Å². The van der Waals surface area contributed by atoms with Gasteiger partial charge in [-0.1, -0.05) is 60.3 Å². The number of carbonyl (C=O) groups is 2. The molecule has 0 saturated carbocycles. The lowest BCUT2D eigenvalue weighted by Gasteiger charge is -2.31. The SMILES string of the molecule is Cc1ccccc1CN1C(=O)/C(=C\c2ccc(C(=O)NCCN3CCCC3)cc2)Sc2ccccc21. The molecule has 184 valence electrons. The van der Waals surface area contributed by atoms with E-state index in [1.165, 1.54) is 30.2 Å². The van der Waals surface area contributed by atoms with Crippen molar-refractivity contribution in [2.45, 2.75) is 31.2 Å². The third-order valence-corrected chi connectivity index (χ3v) is 7.88. The zero-order valence-electron chi connectivity index (χ0n) is 20.6. The third-order valence-electron chi connectivity index (χ3n) is 6.80. The Morgan fingerprint density at radius 2 is 1.69 bits per heavy atom. The van der Waals surface area contributed by atoms with Crippen molar-refractivity contribution in [2.75, 3.05) is 31.1 Å². The molecular weight excluding hydrogens is 466 g/mol. The van der Waals surface area contributed by atoms with E-state index in [-0.39, 0.29) is 11.8 Å². The number of hydrogen-bond acceptors (Lipinski definition) is 4. The molecule has 5 nitrogen and oxygen atoms in total. The van der Waals surface area contributed by atoms with Gasteiger partial charge in [-0.25, -0.2) is 0 Å². The van der Waals surface area contributed by atoms with E-state index in [4.69, 9.17) is 0 Å². The second-order valence-electron chi connectivity index (χ2n) is 9.32. The summed E-state index contributed by atoms with van der Waals surface area (Å²) in [6.07, 6.45) is 4.42. The Labute approximate surface area is 217 Å². The first-order valence-corrected chi connectivity index (χ1v) is 13.4. The Morgan fingerprint density at radius 1 is 0.972 bits per heavy atom. The Balaban J connectivity index is 1.31. The lowest BCUT2D eigenvalue weighted by molar-refractivity contribution is -0.114. The predicted molar refractivity (Wildman–Crippen MR) is 147 cm³/mol. The zero-order valence-corrected chi connectivity index (χ0v) is 21.4. The quantitative estimate of drug-likeness (QED) is 0.438. The molecule has 3 aromatic carbocycles. The van der Waals surface area contributed by atoms with Crippen molar-refractivity contribution in [3.05, 3.63) is 100.0 Å². The molecule has 0 spiro atoms. The van der Waals surface area contributed by atoms with Crippen molar-refractivity contribution >= 4 is 35.3 Å². The minimum atomic E-state index is -0.0603. The number of anilines is 1. The Kier molecular flexibility index (Phi) is 7.54. The fourth-order valence-corrected chi connectivity index (χ4v) is 5.75. The minimum Gasteiger partial charge on any atom is -0.351 e. The van der Waals surface area contributed by atoms with Crippen molar-refractivity contribution in [3.63, 3.8) is 0 Å². The first-order chi connectivity index (χ1) is 17.6. The number of nitrogens with one attached hydrogen (secondary N) is 1. The van der Waals surface area contributed by atoms with Crippen molar-refractivity contribution in [2.24, 2.45) is 0 Å². The predicted octanol–water partition coefficient (Wildman–Crippen LogP) is 5.50. The van der Waals surface area contributed by atoms with Gasteiger partial charge < -0.3 is 15.1 Å². The molecule has 1 saturated heterocycles. The average molecular weight is 498 g/mol. The summed E-state index contributed by atoms with van der Waals surface area (Å²) in [6.45, 7) is 6.41. The molecule has 2 aliphatic rings. The zero-order chi connectivity index (χ0) is 24.9. The molecule has 2 amide bonds. The van der Waals surface area contributed by atoms with E-state index < -0.39 is 0 Å². The minimum absolute atomic E-state index is 0.00862. The highest BCUT2D eigenvalue weighted by atomic mass is 32.2. The number of nitrogens with zero attached hydrogens (tertiary/aromatic N) is 2. The molecule has 2 aliphatic heterocycles. The molecule has 0 radical (unpaired) electrons. The standard InChI is InChI=1S/C30H31N3O2S/c1-22-8-2-3-9-25(22)21-33-26-10-4-5-11-27(26)36-28(30(33)35)20-23-12-14-24(15-13-23)29(34)31-16-19-32-17-6-7-18-32/h2-5,8-15,20H,6-7,16-19,21H2,1H3,(H,31,34)/b28-20+. The highest BCUT2D eigenvalue weighted by molar-refractivity contribution is 8.04. The maximum absolute atomic E-state index is 13.6. The van der Waals surface area contributed by atoms with Gasteiger partial charge in [0.05, 0.1) is 17.1 Å². The molecule has 3 aromatic rings. The summed E-state index contributed by atoms with van der Waals surface area (Å²) >= 11 is 1.50. The number of para-hydroxylation sites is 1. The number of likely N-dealkylation sites (tertiary alicyclic amines) is 1. The highest BCUT2D eigenvalue weighted by Gasteiger charge is 2.29. The summed E-state index contributed by atoms with van der Waals surface area (Å²) in [7, 11) is 0. The van der Waals surface area contributed by atoms with Gasteiger partial charge in [-0.3, -0.25) is 9.59 Å². The van der Waals surface area contributed by atoms with Crippen molar-refractivity contribution in [1.82, 2.24) is 10.2 Å². The highest BCUT2D eigenvalue weighted by Crippen LogP contribution is 2.42. The largest absolute Gasteiger partial charge is 0.351 e. The van der Waals surface area contributed by atoms with Gasteiger partial charge in [0.1, 0.15) is 0 Å². The molecule has 0 aliphatic carbocycles. The first-order valence-electron chi connectivity index (χ1n) is 12.5. The number of rotatable bonds is 7.